The second-order valence-electron chi connectivity index (χ2n) is 4.13. The monoisotopic (exact) mass is 198 g/mol. The molecule has 0 radical (unpaired) electrons. The van der Waals surface area contributed by atoms with Crippen LogP contribution in [0, 0.1) is 5.92 Å². The smallest absolute Gasteiger partial charge is 0.314 e. The lowest BCUT2D eigenvalue weighted by molar-refractivity contribution is 0.227. The molecule has 2 amide bonds. The van der Waals surface area contributed by atoms with E-state index in [1.807, 2.05) is 6.92 Å². The molecule has 1 aliphatic rings. The molecular formula is C11H22N2O. The Hall–Kier alpha value is -0.730. The van der Waals surface area contributed by atoms with Crippen molar-refractivity contribution >= 4 is 6.03 Å². The Morgan fingerprint density at radius 3 is 2.36 bits per heavy atom. The fourth-order valence-corrected chi connectivity index (χ4v) is 2.11. The molecule has 1 saturated carbocycles. The SMILES string of the molecule is CCNC(=O)NC1CCC(CC)CC1. The van der Waals surface area contributed by atoms with Crippen molar-refractivity contribution in [3.8, 4) is 0 Å². The lowest BCUT2D eigenvalue weighted by Gasteiger charge is -2.28. The van der Waals surface area contributed by atoms with Gasteiger partial charge in [0, 0.05) is 12.6 Å². The fraction of sp³-hybridized carbons (Fsp3) is 0.909. The maximum Gasteiger partial charge on any atom is 0.314 e. The van der Waals surface area contributed by atoms with Gasteiger partial charge in [0.2, 0.25) is 0 Å². The van der Waals surface area contributed by atoms with Crippen LogP contribution in [-0.2, 0) is 0 Å². The van der Waals surface area contributed by atoms with E-state index in [-0.39, 0.29) is 6.03 Å². The van der Waals surface area contributed by atoms with Crippen LogP contribution in [0.2, 0.25) is 0 Å². The van der Waals surface area contributed by atoms with E-state index in [9.17, 15) is 4.79 Å². The molecule has 14 heavy (non-hydrogen) atoms. The topological polar surface area (TPSA) is 41.1 Å². The number of carbonyl (C=O) groups is 1. The van der Waals surface area contributed by atoms with Crippen LogP contribution in [0.25, 0.3) is 0 Å². The predicted molar refractivity (Wildman–Crippen MR) is 58.2 cm³/mol. The summed E-state index contributed by atoms with van der Waals surface area (Å²) in [5.74, 6) is 0.891. The molecule has 0 aromatic carbocycles. The summed E-state index contributed by atoms with van der Waals surface area (Å²) >= 11 is 0. The second-order valence-corrected chi connectivity index (χ2v) is 4.13. The summed E-state index contributed by atoms with van der Waals surface area (Å²) in [6.07, 6.45) is 6.13. The van der Waals surface area contributed by atoms with Crippen molar-refractivity contribution < 1.29 is 4.79 Å². The minimum absolute atomic E-state index is 0.00699. The van der Waals surface area contributed by atoms with Gasteiger partial charge in [-0.15, -0.1) is 0 Å². The molecule has 82 valence electrons. The first-order valence-electron chi connectivity index (χ1n) is 5.80. The summed E-state index contributed by atoms with van der Waals surface area (Å²) in [6, 6.07) is 0.400. The highest BCUT2D eigenvalue weighted by atomic mass is 16.2. The van der Waals surface area contributed by atoms with Crippen molar-refractivity contribution in [3.63, 3.8) is 0 Å². The second kappa shape index (κ2) is 5.89. The van der Waals surface area contributed by atoms with Crippen LogP contribution in [0.1, 0.15) is 46.0 Å². The van der Waals surface area contributed by atoms with Crippen molar-refractivity contribution in [2.24, 2.45) is 5.92 Å². The lowest BCUT2D eigenvalue weighted by Crippen LogP contribution is -2.43. The molecule has 3 nitrogen and oxygen atoms in total. The molecule has 0 aromatic rings. The Labute approximate surface area is 86.6 Å². The van der Waals surface area contributed by atoms with Crippen molar-refractivity contribution in [1.29, 1.82) is 0 Å². The molecule has 3 heteroatoms. The van der Waals surface area contributed by atoms with Gasteiger partial charge in [-0.1, -0.05) is 13.3 Å². The van der Waals surface area contributed by atoms with E-state index in [1.54, 1.807) is 0 Å². The van der Waals surface area contributed by atoms with Gasteiger partial charge in [-0.3, -0.25) is 0 Å². The summed E-state index contributed by atoms with van der Waals surface area (Å²) < 4.78 is 0. The molecule has 0 atom stereocenters. The van der Waals surface area contributed by atoms with Crippen LogP contribution < -0.4 is 10.6 Å². The first-order chi connectivity index (χ1) is 6.76. The summed E-state index contributed by atoms with van der Waals surface area (Å²) in [7, 11) is 0. The average molecular weight is 198 g/mol. The van der Waals surface area contributed by atoms with Gasteiger partial charge in [-0.05, 0) is 38.5 Å². The summed E-state index contributed by atoms with van der Waals surface area (Å²) in [5, 5.41) is 5.78. The molecule has 0 bridgehead atoms. The zero-order valence-corrected chi connectivity index (χ0v) is 9.31. The minimum atomic E-state index is -0.00699. The van der Waals surface area contributed by atoms with E-state index in [1.165, 1.54) is 19.3 Å². The van der Waals surface area contributed by atoms with Gasteiger partial charge in [-0.25, -0.2) is 4.79 Å². The third kappa shape index (κ3) is 3.56. The highest BCUT2D eigenvalue weighted by Gasteiger charge is 2.20. The minimum Gasteiger partial charge on any atom is -0.338 e. The van der Waals surface area contributed by atoms with Crippen LogP contribution in [0.15, 0.2) is 0 Å². The number of hydrogen-bond donors (Lipinski definition) is 2. The van der Waals surface area contributed by atoms with E-state index < -0.39 is 0 Å². The highest BCUT2D eigenvalue weighted by molar-refractivity contribution is 5.74. The van der Waals surface area contributed by atoms with E-state index in [2.05, 4.69) is 17.6 Å². The first-order valence-corrected chi connectivity index (χ1v) is 5.80. The third-order valence-corrected chi connectivity index (χ3v) is 3.10. The van der Waals surface area contributed by atoms with Crippen LogP contribution in [0.4, 0.5) is 4.79 Å². The van der Waals surface area contributed by atoms with E-state index in [0.717, 1.165) is 18.8 Å². The third-order valence-electron chi connectivity index (χ3n) is 3.10. The van der Waals surface area contributed by atoms with Gasteiger partial charge in [-0.2, -0.15) is 0 Å². The van der Waals surface area contributed by atoms with Crippen molar-refractivity contribution in [2.45, 2.75) is 52.0 Å². The normalized spacial score (nSPS) is 27.0. The standard InChI is InChI=1S/C11H22N2O/c1-3-9-5-7-10(8-6-9)13-11(14)12-4-2/h9-10H,3-8H2,1-2H3,(H2,12,13,14). The molecule has 2 N–H and O–H groups in total. The molecule has 0 aromatic heterocycles. The van der Waals surface area contributed by atoms with Crippen LogP contribution in [0.5, 0.6) is 0 Å². The number of amides is 2. The Morgan fingerprint density at radius 2 is 1.86 bits per heavy atom. The molecular weight excluding hydrogens is 176 g/mol. The molecule has 0 spiro atoms. The molecule has 1 aliphatic carbocycles. The number of rotatable bonds is 3. The van der Waals surface area contributed by atoms with E-state index in [4.69, 9.17) is 0 Å². The van der Waals surface area contributed by atoms with Gasteiger partial charge in [0.25, 0.3) is 0 Å². The zero-order valence-electron chi connectivity index (χ0n) is 9.31. The average Bonchev–Trinajstić information content (AvgIpc) is 2.19. The largest absolute Gasteiger partial charge is 0.338 e. The molecule has 0 heterocycles. The first kappa shape index (κ1) is 11.3. The molecule has 1 fully saturated rings. The molecule has 0 aliphatic heterocycles. The van der Waals surface area contributed by atoms with Gasteiger partial charge >= 0.3 is 6.03 Å². The van der Waals surface area contributed by atoms with Gasteiger partial charge in [0.15, 0.2) is 0 Å². The van der Waals surface area contributed by atoms with E-state index >= 15 is 0 Å². The molecule has 0 unspecified atom stereocenters. The summed E-state index contributed by atoms with van der Waals surface area (Å²) in [5.41, 5.74) is 0. The van der Waals surface area contributed by atoms with Gasteiger partial charge < -0.3 is 10.6 Å². The number of nitrogens with one attached hydrogen (secondary N) is 2. The van der Waals surface area contributed by atoms with Crippen molar-refractivity contribution in [1.82, 2.24) is 10.6 Å². The van der Waals surface area contributed by atoms with Crippen LogP contribution in [0.3, 0.4) is 0 Å². The molecule has 0 saturated heterocycles. The number of urea groups is 1. The van der Waals surface area contributed by atoms with Gasteiger partial charge in [0.05, 0.1) is 0 Å². The van der Waals surface area contributed by atoms with Crippen molar-refractivity contribution in [2.75, 3.05) is 6.54 Å². The lowest BCUT2D eigenvalue weighted by atomic mass is 9.85. The number of hydrogen-bond acceptors (Lipinski definition) is 1. The Kier molecular flexibility index (Phi) is 4.77. The fourth-order valence-electron chi connectivity index (χ4n) is 2.11. The quantitative estimate of drug-likeness (QED) is 0.717. The van der Waals surface area contributed by atoms with Gasteiger partial charge in [0.1, 0.15) is 0 Å². The van der Waals surface area contributed by atoms with E-state index in [0.29, 0.717) is 12.6 Å². The predicted octanol–water partition coefficient (Wildman–Crippen LogP) is 2.27. The van der Waals surface area contributed by atoms with Crippen LogP contribution >= 0.6 is 0 Å². The highest BCUT2D eigenvalue weighted by Crippen LogP contribution is 2.26. The molecule has 1 rings (SSSR count). The summed E-state index contributed by atoms with van der Waals surface area (Å²) in [6.45, 7) is 4.89. The Balaban J connectivity index is 2.18. The summed E-state index contributed by atoms with van der Waals surface area (Å²) in [4.78, 5) is 11.2. The maximum atomic E-state index is 11.2. The van der Waals surface area contributed by atoms with Crippen LogP contribution in [-0.4, -0.2) is 18.6 Å². The Morgan fingerprint density at radius 1 is 1.21 bits per heavy atom. The number of carbonyl (C=O) groups excluding carboxylic acids is 1. The maximum absolute atomic E-state index is 11.2. The zero-order chi connectivity index (χ0) is 10.4. The Bertz CT molecular complexity index is 174. The van der Waals surface area contributed by atoms with Crippen molar-refractivity contribution in [3.05, 3.63) is 0 Å².